The summed E-state index contributed by atoms with van der Waals surface area (Å²) in [6.07, 6.45) is 0. The van der Waals surface area contributed by atoms with Crippen molar-refractivity contribution in [1.82, 2.24) is 0 Å². The first-order valence-corrected chi connectivity index (χ1v) is 8.67. The molecule has 138 valence electrons. The van der Waals surface area contributed by atoms with Crippen LogP contribution in [0, 0.1) is 19.3 Å². The van der Waals surface area contributed by atoms with Crippen molar-refractivity contribution in [2.45, 2.75) is 34.6 Å². The molecular formula is C21H26N2O3. The number of carbonyl (C=O) groups excluding carboxylic acids is 2. The van der Waals surface area contributed by atoms with Crippen LogP contribution in [0.1, 0.15) is 31.9 Å². The van der Waals surface area contributed by atoms with Gasteiger partial charge in [0.1, 0.15) is 11.2 Å². The Hall–Kier alpha value is -2.82. The molecule has 0 aliphatic rings. The van der Waals surface area contributed by atoms with Crippen LogP contribution in [0.2, 0.25) is 0 Å². The van der Waals surface area contributed by atoms with E-state index in [1.54, 1.807) is 32.0 Å². The van der Waals surface area contributed by atoms with Crippen molar-refractivity contribution in [1.29, 1.82) is 0 Å². The summed E-state index contributed by atoms with van der Waals surface area (Å²) in [5, 5.41) is 5.67. The Morgan fingerprint density at radius 2 is 1.58 bits per heavy atom. The number of aryl methyl sites for hydroxylation is 2. The van der Waals surface area contributed by atoms with E-state index in [1.807, 2.05) is 45.0 Å². The van der Waals surface area contributed by atoms with Gasteiger partial charge in [0, 0.05) is 5.69 Å². The molecule has 0 saturated carbocycles. The van der Waals surface area contributed by atoms with Crippen molar-refractivity contribution < 1.29 is 14.3 Å². The Bertz CT molecular complexity index is 813. The van der Waals surface area contributed by atoms with Gasteiger partial charge in [0.15, 0.2) is 0 Å². The summed E-state index contributed by atoms with van der Waals surface area (Å²) in [7, 11) is 0. The molecule has 0 aromatic heterocycles. The van der Waals surface area contributed by atoms with E-state index in [0.29, 0.717) is 23.7 Å². The fraction of sp³-hybridized carbons (Fsp3) is 0.333. The largest absolute Gasteiger partial charge is 0.492 e. The summed E-state index contributed by atoms with van der Waals surface area (Å²) in [5.74, 6) is -0.181. The Balaban J connectivity index is 2.16. The first-order chi connectivity index (χ1) is 12.3. The molecule has 0 unspecified atom stereocenters. The number of nitrogens with one attached hydrogen (secondary N) is 2. The number of ether oxygens (including phenoxy) is 1. The van der Waals surface area contributed by atoms with Crippen molar-refractivity contribution in [2.75, 3.05) is 17.2 Å². The van der Waals surface area contributed by atoms with Crippen LogP contribution in [0.3, 0.4) is 0 Å². The average molecular weight is 354 g/mol. The first-order valence-electron chi connectivity index (χ1n) is 8.67. The second kappa shape index (κ2) is 8.04. The lowest BCUT2D eigenvalue weighted by molar-refractivity contribution is -0.135. The summed E-state index contributed by atoms with van der Waals surface area (Å²) < 4.78 is 5.52. The molecule has 0 heterocycles. The highest BCUT2D eigenvalue weighted by Crippen LogP contribution is 2.28. The van der Waals surface area contributed by atoms with E-state index in [4.69, 9.17) is 4.74 Å². The minimum Gasteiger partial charge on any atom is -0.492 e. The normalized spacial score (nSPS) is 11.0. The Kier molecular flexibility index (Phi) is 6.03. The van der Waals surface area contributed by atoms with Crippen LogP contribution in [0.25, 0.3) is 0 Å². The van der Waals surface area contributed by atoms with Crippen molar-refractivity contribution >= 4 is 23.2 Å². The summed E-state index contributed by atoms with van der Waals surface area (Å²) >= 11 is 0. The standard InChI is InChI=1S/C21H26N2O3/c1-6-26-18-10-8-7-9-16(18)22-19(24)21(4,5)20(25)23-17-13-14(2)11-12-15(17)3/h7-13H,6H2,1-5H3,(H,22,24)(H,23,25). The molecule has 0 fully saturated rings. The van der Waals surface area contributed by atoms with Gasteiger partial charge in [-0.05, 0) is 63.9 Å². The number of rotatable bonds is 6. The number of hydrogen-bond acceptors (Lipinski definition) is 3. The van der Waals surface area contributed by atoms with E-state index in [1.165, 1.54) is 0 Å². The topological polar surface area (TPSA) is 67.4 Å². The highest BCUT2D eigenvalue weighted by atomic mass is 16.5. The zero-order chi connectivity index (χ0) is 19.3. The van der Waals surface area contributed by atoms with Crippen molar-refractivity contribution in [3.63, 3.8) is 0 Å². The van der Waals surface area contributed by atoms with Gasteiger partial charge in [0.2, 0.25) is 11.8 Å². The SMILES string of the molecule is CCOc1ccccc1NC(=O)C(C)(C)C(=O)Nc1cc(C)ccc1C. The molecular weight excluding hydrogens is 328 g/mol. The summed E-state index contributed by atoms with van der Waals surface area (Å²) in [6.45, 7) is 9.44. The maximum atomic E-state index is 12.7. The van der Waals surface area contributed by atoms with Gasteiger partial charge in [-0.1, -0.05) is 24.3 Å². The van der Waals surface area contributed by atoms with Gasteiger partial charge in [-0.3, -0.25) is 9.59 Å². The minimum atomic E-state index is -1.25. The fourth-order valence-corrected chi connectivity index (χ4v) is 2.38. The van der Waals surface area contributed by atoms with Crippen molar-refractivity contribution in [3.8, 4) is 5.75 Å². The zero-order valence-corrected chi connectivity index (χ0v) is 16.0. The number of para-hydroxylation sites is 2. The molecule has 2 rings (SSSR count). The zero-order valence-electron chi connectivity index (χ0n) is 16.0. The van der Waals surface area contributed by atoms with E-state index in [-0.39, 0.29) is 5.91 Å². The summed E-state index contributed by atoms with van der Waals surface area (Å²) in [6, 6.07) is 13.0. The third kappa shape index (κ3) is 4.42. The van der Waals surface area contributed by atoms with Gasteiger partial charge in [0.05, 0.1) is 12.3 Å². The smallest absolute Gasteiger partial charge is 0.239 e. The lowest BCUT2D eigenvalue weighted by atomic mass is 9.90. The van der Waals surface area contributed by atoms with Gasteiger partial charge in [-0.15, -0.1) is 0 Å². The molecule has 0 bridgehead atoms. The molecule has 5 heteroatoms. The highest BCUT2D eigenvalue weighted by molar-refractivity contribution is 6.14. The minimum absolute atomic E-state index is 0.363. The number of anilines is 2. The summed E-state index contributed by atoms with van der Waals surface area (Å²) in [5.41, 5.74) is 1.99. The van der Waals surface area contributed by atoms with E-state index in [9.17, 15) is 9.59 Å². The molecule has 5 nitrogen and oxygen atoms in total. The Morgan fingerprint density at radius 3 is 2.23 bits per heavy atom. The van der Waals surface area contributed by atoms with Crippen molar-refractivity contribution in [2.24, 2.45) is 5.41 Å². The highest BCUT2D eigenvalue weighted by Gasteiger charge is 2.36. The third-order valence-electron chi connectivity index (χ3n) is 4.21. The number of amides is 2. The van der Waals surface area contributed by atoms with E-state index >= 15 is 0 Å². The molecule has 0 saturated heterocycles. The third-order valence-corrected chi connectivity index (χ3v) is 4.21. The monoisotopic (exact) mass is 354 g/mol. The second-order valence-corrected chi connectivity index (χ2v) is 6.78. The van der Waals surface area contributed by atoms with Crippen LogP contribution in [0.15, 0.2) is 42.5 Å². The molecule has 0 spiro atoms. The van der Waals surface area contributed by atoms with Crippen LogP contribution in [-0.4, -0.2) is 18.4 Å². The van der Waals surface area contributed by atoms with Gasteiger partial charge in [-0.2, -0.15) is 0 Å². The molecule has 0 aliphatic heterocycles. The van der Waals surface area contributed by atoms with Gasteiger partial charge in [-0.25, -0.2) is 0 Å². The quantitative estimate of drug-likeness (QED) is 0.760. The Labute approximate surface area is 154 Å². The van der Waals surface area contributed by atoms with Crippen LogP contribution in [0.4, 0.5) is 11.4 Å². The van der Waals surface area contributed by atoms with E-state index < -0.39 is 11.3 Å². The number of carbonyl (C=O) groups is 2. The van der Waals surface area contributed by atoms with Crippen LogP contribution < -0.4 is 15.4 Å². The molecule has 26 heavy (non-hydrogen) atoms. The molecule has 0 radical (unpaired) electrons. The molecule has 2 N–H and O–H groups in total. The predicted octanol–water partition coefficient (Wildman–Crippen LogP) is 4.31. The molecule has 2 aromatic carbocycles. The molecule has 0 atom stereocenters. The fourth-order valence-electron chi connectivity index (χ4n) is 2.38. The van der Waals surface area contributed by atoms with Gasteiger partial charge >= 0.3 is 0 Å². The average Bonchev–Trinajstić information content (AvgIpc) is 2.60. The van der Waals surface area contributed by atoms with Gasteiger partial charge in [0.25, 0.3) is 0 Å². The second-order valence-electron chi connectivity index (χ2n) is 6.78. The first kappa shape index (κ1) is 19.5. The lowest BCUT2D eigenvalue weighted by Crippen LogP contribution is -2.41. The summed E-state index contributed by atoms with van der Waals surface area (Å²) in [4.78, 5) is 25.5. The number of hydrogen-bond donors (Lipinski definition) is 2. The van der Waals surface area contributed by atoms with Crippen LogP contribution >= 0.6 is 0 Å². The lowest BCUT2D eigenvalue weighted by Gasteiger charge is -2.24. The maximum Gasteiger partial charge on any atom is 0.239 e. The molecule has 2 aromatic rings. The molecule has 2 amide bonds. The number of benzene rings is 2. The maximum absolute atomic E-state index is 12.7. The van der Waals surface area contributed by atoms with Crippen molar-refractivity contribution in [3.05, 3.63) is 53.6 Å². The molecule has 0 aliphatic carbocycles. The van der Waals surface area contributed by atoms with Crippen LogP contribution in [-0.2, 0) is 9.59 Å². The predicted molar refractivity (Wildman–Crippen MR) is 105 cm³/mol. The van der Waals surface area contributed by atoms with E-state index in [0.717, 1.165) is 11.1 Å². The Morgan fingerprint density at radius 1 is 0.962 bits per heavy atom. The van der Waals surface area contributed by atoms with E-state index in [2.05, 4.69) is 10.6 Å². The van der Waals surface area contributed by atoms with Crippen LogP contribution in [0.5, 0.6) is 5.75 Å². The van der Waals surface area contributed by atoms with Gasteiger partial charge < -0.3 is 15.4 Å².